The van der Waals surface area contributed by atoms with Crippen LogP contribution in [0.2, 0.25) is 0 Å². The van der Waals surface area contributed by atoms with Crippen molar-refractivity contribution in [2.24, 2.45) is 4.99 Å². The summed E-state index contributed by atoms with van der Waals surface area (Å²) in [6.07, 6.45) is 1.82. The van der Waals surface area contributed by atoms with Crippen molar-refractivity contribution in [3.05, 3.63) is 119 Å². The largest absolute Gasteiger partial charge is 0.497 e. The summed E-state index contributed by atoms with van der Waals surface area (Å²) in [7, 11) is 1.61. The van der Waals surface area contributed by atoms with Gasteiger partial charge in [-0.1, -0.05) is 59.9 Å². The van der Waals surface area contributed by atoms with Crippen molar-refractivity contribution in [3.63, 3.8) is 0 Å². The molecule has 0 radical (unpaired) electrons. The van der Waals surface area contributed by atoms with Gasteiger partial charge in [0, 0.05) is 4.88 Å². The number of fused-ring (bicyclic) bond motifs is 1. The molecule has 0 saturated carbocycles. The molecular formula is C27H22N2O4S2. The van der Waals surface area contributed by atoms with Crippen molar-refractivity contribution >= 4 is 34.7 Å². The molecule has 0 spiro atoms. The Bertz CT molecular complexity index is 1580. The van der Waals surface area contributed by atoms with Crippen LogP contribution in [0.25, 0.3) is 6.08 Å². The van der Waals surface area contributed by atoms with Gasteiger partial charge in [-0.25, -0.2) is 9.79 Å². The zero-order chi connectivity index (χ0) is 24.4. The Kier molecular flexibility index (Phi) is 6.48. The molecule has 0 aliphatic carbocycles. The molecule has 1 aliphatic heterocycles. The number of carbonyl (C=O) groups excluding carboxylic acids is 1. The minimum Gasteiger partial charge on any atom is -0.497 e. The number of benzene rings is 2. The highest BCUT2D eigenvalue weighted by Gasteiger charge is 2.34. The molecule has 0 amide bonds. The normalized spacial score (nSPS) is 15.5. The number of hydrogen-bond donors (Lipinski definition) is 0. The first kappa shape index (κ1) is 23.0. The van der Waals surface area contributed by atoms with E-state index in [4.69, 9.17) is 9.47 Å². The second-order valence-corrected chi connectivity index (χ2v) is 9.92. The van der Waals surface area contributed by atoms with Crippen LogP contribution >= 0.6 is 22.7 Å². The van der Waals surface area contributed by atoms with E-state index >= 15 is 0 Å². The molecule has 0 bridgehead atoms. The molecule has 6 nitrogen and oxygen atoms in total. The standard InChI is InChI=1S/C27H22N2O4S2/c1-17-23(26(31)33-16-18-8-4-3-5-9-18)24(21-12-7-13-34-21)29-25(30)22(35-27(29)28-17)15-19-10-6-11-20(14-19)32-2/h3-15,24H,16H2,1-2H3/b22-15+/t24-/m0/s1. The number of thiophene rings is 1. The van der Waals surface area contributed by atoms with Crippen molar-refractivity contribution < 1.29 is 14.3 Å². The highest BCUT2D eigenvalue weighted by atomic mass is 32.1. The second-order valence-electron chi connectivity index (χ2n) is 7.94. The second kappa shape index (κ2) is 9.85. The lowest BCUT2D eigenvalue weighted by atomic mass is 10.0. The molecule has 5 rings (SSSR count). The van der Waals surface area contributed by atoms with Gasteiger partial charge in [-0.2, -0.15) is 0 Å². The summed E-state index contributed by atoms with van der Waals surface area (Å²) in [5.74, 6) is 0.234. The summed E-state index contributed by atoms with van der Waals surface area (Å²) in [5, 5.41) is 1.93. The minimum atomic E-state index is -0.595. The molecule has 1 atom stereocenters. The summed E-state index contributed by atoms with van der Waals surface area (Å²) in [4.78, 5) is 33.0. The van der Waals surface area contributed by atoms with Crippen LogP contribution in [0.1, 0.15) is 29.0 Å². The fourth-order valence-corrected chi connectivity index (χ4v) is 5.85. The van der Waals surface area contributed by atoms with Crippen LogP contribution in [0.5, 0.6) is 5.75 Å². The quantitative estimate of drug-likeness (QED) is 0.373. The van der Waals surface area contributed by atoms with Gasteiger partial charge < -0.3 is 9.47 Å². The molecule has 0 fully saturated rings. The summed E-state index contributed by atoms with van der Waals surface area (Å²) < 4.78 is 13.1. The molecule has 2 aromatic carbocycles. The molecule has 3 heterocycles. The Hall–Kier alpha value is -3.75. The Morgan fingerprint density at radius 2 is 1.94 bits per heavy atom. The lowest BCUT2D eigenvalue weighted by molar-refractivity contribution is -0.140. The number of rotatable bonds is 6. The molecule has 4 aromatic rings. The molecule has 0 N–H and O–H groups in total. The number of esters is 1. The number of nitrogens with zero attached hydrogens (tertiary/aromatic N) is 2. The van der Waals surface area contributed by atoms with Crippen molar-refractivity contribution in [1.82, 2.24) is 4.57 Å². The Morgan fingerprint density at radius 1 is 1.11 bits per heavy atom. The van der Waals surface area contributed by atoms with Gasteiger partial charge in [-0.05, 0) is 47.7 Å². The minimum absolute atomic E-state index is 0.147. The van der Waals surface area contributed by atoms with Crippen LogP contribution in [0, 0.1) is 0 Å². The first-order valence-electron chi connectivity index (χ1n) is 11.0. The van der Waals surface area contributed by atoms with Crippen molar-refractivity contribution in [2.75, 3.05) is 7.11 Å². The highest BCUT2D eigenvalue weighted by Crippen LogP contribution is 2.33. The molecule has 1 aliphatic rings. The third-order valence-electron chi connectivity index (χ3n) is 5.66. The summed E-state index contributed by atoms with van der Waals surface area (Å²) in [6.45, 7) is 1.94. The lowest BCUT2D eigenvalue weighted by Gasteiger charge is -2.23. The smallest absolute Gasteiger partial charge is 0.338 e. The maximum atomic E-state index is 13.6. The van der Waals surface area contributed by atoms with Gasteiger partial charge >= 0.3 is 5.97 Å². The summed E-state index contributed by atoms with van der Waals surface area (Å²) in [5.41, 5.74) is 2.47. The average Bonchev–Trinajstić information content (AvgIpc) is 3.51. The summed E-state index contributed by atoms with van der Waals surface area (Å²) in [6, 6.07) is 20.3. The van der Waals surface area contributed by atoms with Crippen molar-refractivity contribution in [1.29, 1.82) is 0 Å². The number of aromatic nitrogens is 1. The van der Waals surface area contributed by atoms with E-state index < -0.39 is 12.0 Å². The van der Waals surface area contributed by atoms with Gasteiger partial charge in [0.1, 0.15) is 18.4 Å². The predicted molar refractivity (Wildman–Crippen MR) is 137 cm³/mol. The van der Waals surface area contributed by atoms with E-state index in [1.165, 1.54) is 22.7 Å². The average molecular weight is 503 g/mol. The van der Waals surface area contributed by atoms with E-state index in [2.05, 4.69) is 4.99 Å². The summed E-state index contributed by atoms with van der Waals surface area (Å²) >= 11 is 2.80. The number of methoxy groups -OCH3 is 1. The molecule has 176 valence electrons. The fraction of sp³-hybridized carbons (Fsp3) is 0.148. The maximum absolute atomic E-state index is 13.6. The third kappa shape index (κ3) is 4.62. The number of ether oxygens (including phenoxy) is 2. The van der Waals surface area contributed by atoms with Crippen LogP contribution in [0.4, 0.5) is 0 Å². The topological polar surface area (TPSA) is 69.9 Å². The first-order chi connectivity index (χ1) is 17.0. The van der Waals surface area contributed by atoms with Gasteiger partial charge in [0.15, 0.2) is 4.80 Å². The van der Waals surface area contributed by atoms with Crippen molar-refractivity contribution in [3.8, 4) is 5.75 Å². The lowest BCUT2D eigenvalue weighted by Crippen LogP contribution is -2.39. The van der Waals surface area contributed by atoms with E-state index in [0.29, 0.717) is 26.4 Å². The van der Waals surface area contributed by atoms with E-state index in [0.717, 1.165) is 16.0 Å². The Morgan fingerprint density at radius 3 is 2.69 bits per heavy atom. The van der Waals surface area contributed by atoms with Crippen LogP contribution in [0.3, 0.4) is 0 Å². The molecule has 35 heavy (non-hydrogen) atoms. The van der Waals surface area contributed by atoms with Crippen molar-refractivity contribution in [2.45, 2.75) is 19.6 Å². The highest BCUT2D eigenvalue weighted by molar-refractivity contribution is 7.10. The van der Waals surface area contributed by atoms with Crippen LogP contribution in [-0.2, 0) is 16.1 Å². The molecule has 0 saturated heterocycles. The molecule has 2 aromatic heterocycles. The number of allylic oxidation sites excluding steroid dienone is 1. The number of thiazole rings is 1. The van der Waals surface area contributed by atoms with Gasteiger partial charge in [0.2, 0.25) is 0 Å². The van der Waals surface area contributed by atoms with Gasteiger partial charge in [-0.3, -0.25) is 9.36 Å². The van der Waals surface area contributed by atoms with E-state index in [-0.39, 0.29) is 12.2 Å². The van der Waals surface area contributed by atoms with Crippen LogP contribution < -0.4 is 19.6 Å². The van der Waals surface area contributed by atoms with Gasteiger partial charge in [0.05, 0.1) is 22.9 Å². The molecule has 8 heteroatoms. The SMILES string of the molecule is COc1cccc(/C=c2/sc3n(c2=O)[C@@H](c2cccs2)C(C(=O)OCc2ccccc2)=C(C)N=3)c1. The van der Waals surface area contributed by atoms with E-state index in [1.807, 2.05) is 78.2 Å². The van der Waals surface area contributed by atoms with Crippen LogP contribution in [-0.4, -0.2) is 17.6 Å². The number of carbonyl (C=O) groups is 1. The Labute approximate surface area is 209 Å². The maximum Gasteiger partial charge on any atom is 0.338 e. The first-order valence-corrected chi connectivity index (χ1v) is 12.7. The zero-order valence-corrected chi connectivity index (χ0v) is 20.8. The predicted octanol–water partition coefficient (Wildman–Crippen LogP) is 4.05. The number of hydrogen-bond acceptors (Lipinski definition) is 7. The van der Waals surface area contributed by atoms with Gasteiger partial charge in [-0.15, -0.1) is 11.3 Å². The molecular weight excluding hydrogens is 480 g/mol. The van der Waals surface area contributed by atoms with E-state index in [9.17, 15) is 9.59 Å². The Balaban J connectivity index is 1.58. The monoisotopic (exact) mass is 502 g/mol. The van der Waals surface area contributed by atoms with E-state index in [1.54, 1.807) is 18.6 Å². The fourth-order valence-electron chi connectivity index (χ4n) is 3.98. The zero-order valence-electron chi connectivity index (χ0n) is 19.1. The van der Waals surface area contributed by atoms with Crippen LogP contribution in [0.15, 0.2) is 93.2 Å². The van der Waals surface area contributed by atoms with Gasteiger partial charge in [0.25, 0.3) is 5.56 Å². The molecule has 0 unspecified atom stereocenters. The third-order valence-corrected chi connectivity index (χ3v) is 7.57.